The largest absolute Gasteiger partial charge is 0.462 e. The zero-order valence-corrected chi connectivity index (χ0v) is 24.4. The number of hydrogen-bond donors (Lipinski definition) is 0. The molecule has 1 aromatic carbocycles. The summed E-state index contributed by atoms with van der Waals surface area (Å²) < 4.78 is 60.2. The van der Waals surface area contributed by atoms with Crippen LogP contribution in [0.4, 0.5) is 24.0 Å². The van der Waals surface area contributed by atoms with Crippen molar-refractivity contribution in [2.75, 3.05) is 24.6 Å². The number of benzene rings is 1. The van der Waals surface area contributed by atoms with Crippen LogP contribution in [0.25, 0.3) is 21.7 Å². The van der Waals surface area contributed by atoms with Crippen LogP contribution in [-0.4, -0.2) is 75.0 Å². The van der Waals surface area contributed by atoms with E-state index >= 15 is 0 Å². The number of aromatic nitrogens is 2. The number of anilines is 1. The highest BCUT2D eigenvalue weighted by molar-refractivity contribution is 9.10. The molecule has 40 heavy (non-hydrogen) atoms. The first-order valence-corrected chi connectivity index (χ1v) is 14.1. The standard InChI is InChI=1S/C25H26BrF3N4O6S/c1-5-36-20(34)24(26,25(27,28)29)38-16-7-6-15(19-30-8-9-40-19)18-17(16)31-21(37-18)32-11-13-10-14(12-32)33(13)22(35)39-23(2,3)4/h6-9,13-14H,5,10-12H2,1-4H3. The number of rotatable bonds is 6. The van der Waals surface area contributed by atoms with Crippen molar-refractivity contribution in [3.8, 4) is 16.3 Å². The van der Waals surface area contributed by atoms with E-state index in [-0.39, 0.29) is 41.6 Å². The minimum Gasteiger partial charge on any atom is -0.462 e. The lowest BCUT2D eigenvalue weighted by Gasteiger charge is -2.55. The van der Waals surface area contributed by atoms with E-state index in [9.17, 15) is 22.8 Å². The number of oxazole rings is 1. The van der Waals surface area contributed by atoms with Crippen LogP contribution in [0, 0.1) is 0 Å². The van der Waals surface area contributed by atoms with Gasteiger partial charge in [0, 0.05) is 24.7 Å². The SMILES string of the molecule is CCOC(=O)C(Br)(Oc1ccc(-c2nccs2)c2oc(N3CC4CC(C3)N4C(=O)OC(C)(C)C)nc12)C(F)(F)F. The van der Waals surface area contributed by atoms with Crippen LogP contribution in [0.15, 0.2) is 28.1 Å². The van der Waals surface area contributed by atoms with Crippen LogP contribution in [0.2, 0.25) is 0 Å². The van der Waals surface area contributed by atoms with Gasteiger partial charge in [0.2, 0.25) is 0 Å². The van der Waals surface area contributed by atoms with E-state index in [1.54, 1.807) is 37.2 Å². The highest BCUT2D eigenvalue weighted by atomic mass is 79.9. The second-order valence-corrected chi connectivity index (χ2v) is 12.4. The van der Waals surface area contributed by atoms with Crippen molar-refractivity contribution in [3.05, 3.63) is 23.7 Å². The molecule has 3 aliphatic rings. The number of carbonyl (C=O) groups excluding carboxylic acids is 2. The van der Waals surface area contributed by atoms with E-state index in [0.29, 0.717) is 23.7 Å². The first-order valence-electron chi connectivity index (χ1n) is 12.4. The fourth-order valence-corrected chi connectivity index (χ4v) is 5.63. The first kappa shape index (κ1) is 28.5. The van der Waals surface area contributed by atoms with Crippen molar-refractivity contribution in [1.29, 1.82) is 0 Å². The lowest BCUT2D eigenvalue weighted by Crippen LogP contribution is -2.70. The van der Waals surface area contributed by atoms with Gasteiger partial charge in [-0.05, 0) is 62.2 Å². The Labute approximate surface area is 239 Å². The maximum atomic E-state index is 14.0. The van der Waals surface area contributed by atoms with Crippen molar-refractivity contribution in [2.45, 2.75) is 62.5 Å². The molecule has 3 aromatic rings. The number of amides is 1. The van der Waals surface area contributed by atoms with Gasteiger partial charge in [0.25, 0.3) is 6.01 Å². The summed E-state index contributed by atoms with van der Waals surface area (Å²) >= 11 is 3.75. The van der Waals surface area contributed by atoms with Gasteiger partial charge in [0.05, 0.1) is 24.3 Å². The van der Waals surface area contributed by atoms with Gasteiger partial charge in [0.15, 0.2) is 16.8 Å². The van der Waals surface area contributed by atoms with E-state index in [2.05, 4.69) is 30.6 Å². The van der Waals surface area contributed by atoms with Crippen LogP contribution in [0.5, 0.6) is 5.75 Å². The second-order valence-electron chi connectivity index (χ2n) is 10.4. The molecule has 3 aliphatic heterocycles. The summed E-state index contributed by atoms with van der Waals surface area (Å²) in [6.45, 7) is 7.28. The number of carbonyl (C=O) groups is 2. The lowest BCUT2D eigenvalue weighted by atomic mass is 9.88. The Morgan fingerprint density at radius 3 is 2.48 bits per heavy atom. The average molecular weight is 647 g/mol. The maximum absolute atomic E-state index is 14.0. The Balaban J connectivity index is 1.49. The molecule has 3 fully saturated rings. The number of esters is 1. The van der Waals surface area contributed by atoms with E-state index in [1.165, 1.54) is 30.4 Å². The third-order valence-corrected chi connectivity index (χ3v) is 8.12. The summed E-state index contributed by atoms with van der Waals surface area (Å²) in [4.78, 5) is 37.3. The minimum atomic E-state index is -5.16. The van der Waals surface area contributed by atoms with E-state index < -0.39 is 28.4 Å². The smallest absolute Gasteiger partial charge is 0.450 e. The Kier molecular flexibility index (Phi) is 7.18. The van der Waals surface area contributed by atoms with Crippen molar-refractivity contribution in [2.24, 2.45) is 0 Å². The van der Waals surface area contributed by atoms with Gasteiger partial charge >= 0.3 is 22.7 Å². The molecule has 1 amide bonds. The summed E-state index contributed by atoms with van der Waals surface area (Å²) in [6.07, 6.45) is -3.19. The number of halogens is 4. The summed E-state index contributed by atoms with van der Waals surface area (Å²) in [5.41, 5.74) is -0.0133. The quantitative estimate of drug-likeness (QED) is 0.245. The monoisotopic (exact) mass is 646 g/mol. The van der Waals surface area contributed by atoms with E-state index in [1.807, 2.05) is 4.90 Å². The van der Waals surface area contributed by atoms with Gasteiger partial charge in [-0.1, -0.05) is 0 Å². The molecule has 2 bridgehead atoms. The second kappa shape index (κ2) is 10.1. The Morgan fingerprint density at radius 2 is 1.90 bits per heavy atom. The van der Waals surface area contributed by atoms with Crippen LogP contribution in [-0.2, 0) is 14.3 Å². The number of hydrogen-bond acceptors (Lipinski definition) is 10. The average Bonchev–Trinajstić information content (AvgIpc) is 3.53. The molecule has 0 aliphatic carbocycles. The van der Waals surface area contributed by atoms with Gasteiger partial charge in [-0.3, -0.25) is 4.90 Å². The number of piperazine rings is 1. The third kappa shape index (κ3) is 5.08. The molecule has 3 unspecified atom stereocenters. The van der Waals surface area contributed by atoms with Gasteiger partial charge in [-0.2, -0.15) is 18.2 Å². The molecule has 15 heteroatoms. The molecule has 2 aromatic heterocycles. The predicted molar refractivity (Wildman–Crippen MR) is 143 cm³/mol. The van der Waals surface area contributed by atoms with Crippen molar-refractivity contribution in [3.63, 3.8) is 0 Å². The zero-order valence-electron chi connectivity index (χ0n) is 22.0. The molecular weight excluding hydrogens is 621 g/mol. The Morgan fingerprint density at radius 1 is 1.20 bits per heavy atom. The van der Waals surface area contributed by atoms with Crippen LogP contribution in [0.1, 0.15) is 34.1 Å². The molecular formula is C25H26BrF3N4O6S. The van der Waals surface area contributed by atoms with Crippen LogP contribution in [0.3, 0.4) is 0 Å². The molecule has 6 rings (SSSR count). The summed E-state index contributed by atoms with van der Waals surface area (Å²) in [5, 5.41) is 2.31. The number of nitrogens with zero attached hydrogens (tertiary/aromatic N) is 4. The number of alkyl halides is 4. The first-order chi connectivity index (χ1) is 18.7. The Bertz CT molecular complexity index is 1410. The fourth-order valence-electron chi connectivity index (χ4n) is 4.68. The van der Waals surface area contributed by atoms with Gasteiger partial charge in [-0.15, -0.1) is 11.3 Å². The topological polar surface area (TPSA) is 107 Å². The number of thiazole rings is 1. The molecule has 10 nitrogen and oxygen atoms in total. The Hall–Kier alpha value is -3.07. The number of ether oxygens (including phenoxy) is 3. The van der Waals surface area contributed by atoms with Crippen molar-refractivity contribution >= 4 is 56.4 Å². The van der Waals surface area contributed by atoms with Gasteiger partial charge in [-0.25, -0.2) is 14.6 Å². The number of piperidine rings is 1. The zero-order chi connectivity index (χ0) is 29.0. The molecule has 0 N–H and O–H groups in total. The highest BCUT2D eigenvalue weighted by Gasteiger charge is 2.63. The normalized spacial score (nSPS) is 20.6. The molecule has 0 radical (unpaired) electrons. The van der Waals surface area contributed by atoms with E-state index in [0.717, 1.165) is 6.42 Å². The van der Waals surface area contributed by atoms with Crippen molar-refractivity contribution in [1.82, 2.24) is 14.9 Å². The molecule has 3 atom stereocenters. The van der Waals surface area contributed by atoms with E-state index in [4.69, 9.17) is 13.9 Å². The highest BCUT2D eigenvalue weighted by Crippen LogP contribution is 2.45. The summed E-state index contributed by atoms with van der Waals surface area (Å²) in [5.74, 6) is -1.99. The predicted octanol–water partition coefficient (Wildman–Crippen LogP) is 5.74. The fraction of sp³-hybridized carbons (Fsp3) is 0.520. The number of fused-ring (bicyclic) bond motifs is 3. The van der Waals surface area contributed by atoms with Crippen molar-refractivity contribution < 1.29 is 41.4 Å². The molecule has 3 saturated heterocycles. The van der Waals surface area contributed by atoms with Gasteiger partial charge < -0.3 is 23.5 Å². The third-order valence-electron chi connectivity index (χ3n) is 6.38. The van der Waals surface area contributed by atoms with Crippen LogP contribution < -0.4 is 9.64 Å². The summed E-state index contributed by atoms with van der Waals surface area (Å²) in [7, 11) is 0. The molecule has 0 saturated carbocycles. The minimum absolute atomic E-state index is 0.0247. The van der Waals surface area contributed by atoms with Gasteiger partial charge in [0.1, 0.15) is 10.6 Å². The molecule has 5 heterocycles. The molecule has 216 valence electrons. The lowest BCUT2D eigenvalue weighted by molar-refractivity contribution is -0.220. The summed E-state index contributed by atoms with van der Waals surface area (Å²) in [6, 6.07) is 2.65. The maximum Gasteiger partial charge on any atom is 0.450 e. The van der Waals surface area contributed by atoms with Crippen LogP contribution >= 0.6 is 27.3 Å². The molecule has 0 spiro atoms.